The van der Waals surface area contributed by atoms with Gasteiger partial charge in [-0.15, -0.1) is 0 Å². The molecule has 3 heteroatoms. The zero-order valence-corrected chi connectivity index (χ0v) is 12.8. The van der Waals surface area contributed by atoms with Crippen LogP contribution >= 0.6 is 11.8 Å². The third-order valence-corrected chi connectivity index (χ3v) is 4.70. The summed E-state index contributed by atoms with van der Waals surface area (Å²) < 4.78 is 0. The second-order valence-electron chi connectivity index (χ2n) is 5.52. The third-order valence-electron chi connectivity index (χ3n) is 3.56. The highest BCUT2D eigenvalue weighted by molar-refractivity contribution is 8.14. The summed E-state index contributed by atoms with van der Waals surface area (Å²) in [5.74, 6) is 1.54. The highest BCUT2D eigenvalue weighted by Crippen LogP contribution is 2.26. The smallest absolute Gasteiger partial charge is 0.157 e. The van der Waals surface area contributed by atoms with E-state index in [1.54, 1.807) is 0 Å². The Hall–Kier alpha value is -0.180. The van der Waals surface area contributed by atoms with Gasteiger partial charge in [-0.05, 0) is 25.2 Å². The van der Waals surface area contributed by atoms with Gasteiger partial charge in [-0.2, -0.15) is 0 Å². The SMILES string of the molecule is CCC(CC)C(C)NC1=NCC(CC(C)C)S1. The molecule has 1 aliphatic rings. The summed E-state index contributed by atoms with van der Waals surface area (Å²) in [5, 5.41) is 5.47. The molecule has 0 saturated heterocycles. The zero-order chi connectivity index (χ0) is 12.8. The summed E-state index contributed by atoms with van der Waals surface area (Å²) in [7, 11) is 0. The molecule has 2 unspecified atom stereocenters. The van der Waals surface area contributed by atoms with Gasteiger partial charge >= 0.3 is 0 Å². The number of hydrogen-bond donors (Lipinski definition) is 1. The van der Waals surface area contributed by atoms with Crippen molar-refractivity contribution in [3.8, 4) is 0 Å². The first kappa shape index (κ1) is 14.9. The van der Waals surface area contributed by atoms with Crippen molar-refractivity contribution in [2.24, 2.45) is 16.8 Å². The molecule has 1 aliphatic heterocycles. The highest BCUT2D eigenvalue weighted by atomic mass is 32.2. The zero-order valence-electron chi connectivity index (χ0n) is 12.0. The monoisotopic (exact) mass is 256 g/mol. The molecule has 0 fully saturated rings. The van der Waals surface area contributed by atoms with E-state index in [2.05, 4.69) is 44.9 Å². The van der Waals surface area contributed by atoms with Crippen LogP contribution in [0.4, 0.5) is 0 Å². The lowest BCUT2D eigenvalue weighted by molar-refractivity contribution is 0.392. The fourth-order valence-corrected chi connectivity index (χ4v) is 3.80. The van der Waals surface area contributed by atoms with Crippen molar-refractivity contribution in [1.29, 1.82) is 0 Å². The first-order chi connectivity index (χ1) is 8.06. The Bertz CT molecular complexity index is 247. The van der Waals surface area contributed by atoms with Gasteiger partial charge in [0.05, 0.1) is 6.54 Å². The number of amidine groups is 1. The quantitative estimate of drug-likeness (QED) is 0.779. The molecule has 1 heterocycles. The van der Waals surface area contributed by atoms with Gasteiger partial charge in [-0.1, -0.05) is 52.3 Å². The second kappa shape index (κ2) is 7.30. The Kier molecular flexibility index (Phi) is 6.39. The average molecular weight is 256 g/mol. The number of nitrogens with one attached hydrogen (secondary N) is 1. The lowest BCUT2D eigenvalue weighted by Crippen LogP contribution is -2.36. The lowest BCUT2D eigenvalue weighted by Gasteiger charge is -2.23. The molecule has 0 saturated carbocycles. The van der Waals surface area contributed by atoms with Crippen LogP contribution < -0.4 is 5.32 Å². The van der Waals surface area contributed by atoms with E-state index in [9.17, 15) is 0 Å². The minimum atomic E-state index is 0.550. The largest absolute Gasteiger partial charge is 0.362 e. The van der Waals surface area contributed by atoms with Crippen molar-refractivity contribution in [2.75, 3.05) is 6.54 Å². The van der Waals surface area contributed by atoms with Crippen LogP contribution in [0, 0.1) is 11.8 Å². The van der Waals surface area contributed by atoms with E-state index in [1.165, 1.54) is 24.4 Å². The van der Waals surface area contributed by atoms with E-state index in [4.69, 9.17) is 0 Å². The Morgan fingerprint density at radius 2 is 1.94 bits per heavy atom. The summed E-state index contributed by atoms with van der Waals surface area (Å²) >= 11 is 1.94. The number of aliphatic imine (C=N–C) groups is 1. The van der Waals surface area contributed by atoms with Crippen molar-refractivity contribution in [3.63, 3.8) is 0 Å². The fourth-order valence-electron chi connectivity index (χ4n) is 2.45. The Morgan fingerprint density at radius 3 is 2.47 bits per heavy atom. The summed E-state index contributed by atoms with van der Waals surface area (Å²) in [4.78, 5) is 4.63. The molecule has 0 bridgehead atoms. The lowest BCUT2D eigenvalue weighted by atomic mass is 9.96. The maximum Gasteiger partial charge on any atom is 0.157 e. The minimum absolute atomic E-state index is 0.550. The van der Waals surface area contributed by atoms with Crippen LogP contribution in [-0.4, -0.2) is 23.0 Å². The molecule has 0 aromatic heterocycles. The Morgan fingerprint density at radius 1 is 1.29 bits per heavy atom. The van der Waals surface area contributed by atoms with E-state index < -0.39 is 0 Å². The molecule has 0 aliphatic carbocycles. The number of nitrogens with zero attached hydrogens (tertiary/aromatic N) is 1. The molecule has 0 amide bonds. The minimum Gasteiger partial charge on any atom is -0.362 e. The third kappa shape index (κ3) is 4.90. The van der Waals surface area contributed by atoms with Crippen molar-refractivity contribution < 1.29 is 0 Å². The number of thioether (sulfide) groups is 1. The first-order valence-electron chi connectivity index (χ1n) is 7.04. The Labute approximate surface area is 111 Å². The van der Waals surface area contributed by atoms with Crippen LogP contribution in [0.1, 0.15) is 53.9 Å². The van der Waals surface area contributed by atoms with Crippen molar-refractivity contribution in [3.05, 3.63) is 0 Å². The first-order valence-corrected chi connectivity index (χ1v) is 7.92. The van der Waals surface area contributed by atoms with Crippen LogP contribution in [0.25, 0.3) is 0 Å². The van der Waals surface area contributed by atoms with Crippen LogP contribution in [0.3, 0.4) is 0 Å². The topological polar surface area (TPSA) is 24.4 Å². The van der Waals surface area contributed by atoms with Crippen LogP contribution in [-0.2, 0) is 0 Å². The van der Waals surface area contributed by atoms with Gasteiger partial charge in [0.1, 0.15) is 0 Å². The molecule has 2 nitrogen and oxygen atoms in total. The normalized spacial score (nSPS) is 22.1. The summed E-state index contributed by atoms with van der Waals surface area (Å²) in [6, 6.07) is 0.550. The van der Waals surface area contributed by atoms with E-state index in [-0.39, 0.29) is 0 Å². The average Bonchev–Trinajstić information content (AvgIpc) is 2.66. The summed E-state index contributed by atoms with van der Waals surface area (Å²) in [6.45, 7) is 12.4. The molecule has 0 aromatic carbocycles. The highest BCUT2D eigenvalue weighted by Gasteiger charge is 2.23. The van der Waals surface area contributed by atoms with E-state index in [0.29, 0.717) is 11.3 Å². The molecule has 1 N–H and O–H groups in total. The molecule has 0 spiro atoms. The van der Waals surface area contributed by atoms with Gasteiger partial charge in [0.2, 0.25) is 0 Å². The van der Waals surface area contributed by atoms with Gasteiger partial charge in [0.15, 0.2) is 5.17 Å². The maximum atomic E-state index is 4.63. The molecule has 1 rings (SSSR count). The predicted octanol–water partition coefficient (Wildman–Crippen LogP) is 3.92. The van der Waals surface area contributed by atoms with Gasteiger partial charge in [0, 0.05) is 11.3 Å². The molecular formula is C14H28N2S. The second-order valence-corrected chi connectivity index (χ2v) is 6.81. The van der Waals surface area contributed by atoms with Crippen molar-refractivity contribution in [1.82, 2.24) is 5.32 Å². The van der Waals surface area contributed by atoms with Gasteiger partial charge in [-0.25, -0.2) is 0 Å². The molecule has 0 radical (unpaired) electrons. The van der Waals surface area contributed by atoms with E-state index in [0.717, 1.165) is 18.4 Å². The van der Waals surface area contributed by atoms with E-state index in [1.807, 2.05) is 11.8 Å². The fraction of sp³-hybridized carbons (Fsp3) is 0.929. The molecule has 2 atom stereocenters. The maximum absolute atomic E-state index is 4.63. The predicted molar refractivity (Wildman–Crippen MR) is 79.8 cm³/mol. The van der Waals surface area contributed by atoms with E-state index >= 15 is 0 Å². The van der Waals surface area contributed by atoms with Gasteiger partial charge in [-0.3, -0.25) is 4.99 Å². The van der Waals surface area contributed by atoms with Gasteiger partial charge < -0.3 is 5.32 Å². The van der Waals surface area contributed by atoms with Crippen molar-refractivity contribution in [2.45, 2.75) is 65.2 Å². The number of rotatable bonds is 6. The number of hydrogen-bond acceptors (Lipinski definition) is 3. The van der Waals surface area contributed by atoms with Crippen LogP contribution in [0.5, 0.6) is 0 Å². The van der Waals surface area contributed by atoms with Crippen molar-refractivity contribution >= 4 is 16.9 Å². The summed E-state index contributed by atoms with van der Waals surface area (Å²) in [5.41, 5.74) is 0. The molecule has 0 aromatic rings. The molecular weight excluding hydrogens is 228 g/mol. The standard InChI is InChI=1S/C14H28N2S/c1-6-12(7-2)11(5)16-14-15-9-13(17-14)8-10(3)4/h10-13H,6-9H2,1-5H3,(H,15,16). The van der Waals surface area contributed by atoms with Gasteiger partial charge in [0.25, 0.3) is 0 Å². The summed E-state index contributed by atoms with van der Waals surface area (Å²) in [6.07, 6.45) is 3.77. The molecule has 17 heavy (non-hydrogen) atoms. The Balaban J connectivity index is 2.34. The van der Waals surface area contributed by atoms with Crippen LogP contribution in [0.2, 0.25) is 0 Å². The van der Waals surface area contributed by atoms with Crippen LogP contribution in [0.15, 0.2) is 4.99 Å². The molecule has 100 valence electrons.